The predicted molar refractivity (Wildman–Crippen MR) is 64.3 cm³/mol. The number of anilines is 1. The highest BCUT2D eigenvalue weighted by Gasteiger charge is 2.30. The zero-order valence-electron chi connectivity index (χ0n) is 9.94. The maximum atomic E-state index is 12.4. The number of nitriles is 1. The van der Waals surface area contributed by atoms with Crippen molar-refractivity contribution in [1.29, 1.82) is 5.26 Å². The van der Waals surface area contributed by atoms with Crippen molar-refractivity contribution in [3.05, 3.63) is 29.8 Å². The van der Waals surface area contributed by atoms with Crippen LogP contribution in [0, 0.1) is 11.3 Å². The molecule has 0 fully saturated rings. The SMILES string of the molecule is N#CCS(=O)(=O)CC(=O)Nc1cccc(C(F)(F)F)c1. The molecule has 0 radical (unpaired) electrons. The van der Waals surface area contributed by atoms with Crippen LogP contribution in [0.2, 0.25) is 0 Å². The lowest BCUT2D eigenvalue weighted by molar-refractivity contribution is -0.137. The van der Waals surface area contributed by atoms with Crippen LogP contribution in [-0.4, -0.2) is 25.8 Å². The van der Waals surface area contributed by atoms with Gasteiger partial charge in [0, 0.05) is 5.69 Å². The van der Waals surface area contributed by atoms with Gasteiger partial charge in [-0.2, -0.15) is 18.4 Å². The Balaban J connectivity index is 2.80. The molecule has 1 amide bonds. The molecular weight excluding hydrogens is 297 g/mol. The third-order valence-corrected chi connectivity index (χ3v) is 3.38. The zero-order chi connectivity index (χ0) is 15.4. The van der Waals surface area contributed by atoms with E-state index in [2.05, 4.69) is 0 Å². The number of nitrogens with one attached hydrogen (secondary N) is 1. The molecule has 0 atom stereocenters. The predicted octanol–water partition coefficient (Wildman–Crippen LogP) is 1.58. The molecule has 9 heteroatoms. The smallest absolute Gasteiger partial charge is 0.325 e. The fourth-order valence-electron chi connectivity index (χ4n) is 1.32. The lowest BCUT2D eigenvalue weighted by atomic mass is 10.2. The zero-order valence-corrected chi connectivity index (χ0v) is 10.8. The van der Waals surface area contributed by atoms with Gasteiger partial charge >= 0.3 is 6.18 Å². The van der Waals surface area contributed by atoms with Crippen molar-refractivity contribution in [2.45, 2.75) is 6.18 Å². The third-order valence-electron chi connectivity index (χ3n) is 2.11. The van der Waals surface area contributed by atoms with Crippen molar-refractivity contribution in [3.63, 3.8) is 0 Å². The van der Waals surface area contributed by atoms with Gasteiger partial charge < -0.3 is 5.32 Å². The standard InChI is InChI=1S/C11H9F3N2O3S/c12-11(13,14)8-2-1-3-9(6-8)16-10(17)7-20(18,19)5-4-15/h1-3,6H,5,7H2,(H,16,17). The molecule has 0 aromatic heterocycles. The van der Waals surface area contributed by atoms with Crippen LogP contribution in [0.15, 0.2) is 24.3 Å². The summed E-state index contributed by atoms with van der Waals surface area (Å²) < 4.78 is 59.7. The van der Waals surface area contributed by atoms with Gasteiger partial charge in [0.05, 0.1) is 11.6 Å². The molecule has 0 heterocycles. The summed E-state index contributed by atoms with van der Waals surface area (Å²) in [6.07, 6.45) is -4.56. The molecule has 0 saturated heterocycles. The largest absolute Gasteiger partial charge is 0.416 e. The number of hydrogen-bond donors (Lipinski definition) is 1. The Morgan fingerprint density at radius 3 is 2.55 bits per heavy atom. The van der Waals surface area contributed by atoms with Gasteiger partial charge in [-0.15, -0.1) is 0 Å². The first kappa shape index (κ1) is 16.0. The van der Waals surface area contributed by atoms with E-state index < -0.39 is 39.0 Å². The highest BCUT2D eigenvalue weighted by molar-refractivity contribution is 7.92. The van der Waals surface area contributed by atoms with Crippen LogP contribution in [0.3, 0.4) is 0 Å². The first-order valence-corrected chi connectivity index (χ1v) is 7.01. The molecule has 5 nitrogen and oxygen atoms in total. The van der Waals surface area contributed by atoms with E-state index in [1.54, 1.807) is 0 Å². The Morgan fingerprint density at radius 2 is 2.00 bits per heavy atom. The van der Waals surface area contributed by atoms with Gasteiger partial charge in [-0.3, -0.25) is 4.79 Å². The first-order chi connectivity index (χ1) is 9.14. The first-order valence-electron chi connectivity index (χ1n) is 5.18. The van der Waals surface area contributed by atoms with Crippen molar-refractivity contribution in [3.8, 4) is 6.07 Å². The van der Waals surface area contributed by atoms with Gasteiger partial charge in [0.15, 0.2) is 9.84 Å². The second-order valence-corrected chi connectivity index (χ2v) is 5.88. The van der Waals surface area contributed by atoms with Gasteiger partial charge in [-0.1, -0.05) is 6.07 Å². The van der Waals surface area contributed by atoms with Crippen LogP contribution < -0.4 is 5.32 Å². The van der Waals surface area contributed by atoms with E-state index in [1.807, 2.05) is 5.32 Å². The fraction of sp³-hybridized carbons (Fsp3) is 0.273. The second kappa shape index (κ2) is 5.92. The summed E-state index contributed by atoms with van der Waals surface area (Å²) in [6.45, 7) is 0. The molecule has 1 aromatic rings. The number of carbonyl (C=O) groups excluding carboxylic acids is 1. The fourth-order valence-corrected chi connectivity index (χ4v) is 2.09. The molecule has 1 aromatic carbocycles. The molecule has 0 aliphatic carbocycles. The van der Waals surface area contributed by atoms with Crippen molar-refractivity contribution >= 4 is 21.4 Å². The number of nitrogens with zero attached hydrogens (tertiary/aromatic N) is 1. The molecule has 0 aliphatic rings. The molecule has 0 unspecified atom stereocenters. The third kappa shape index (κ3) is 4.89. The summed E-state index contributed by atoms with van der Waals surface area (Å²) in [5, 5.41) is 10.3. The lowest BCUT2D eigenvalue weighted by Gasteiger charge is -2.09. The quantitative estimate of drug-likeness (QED) is 0.915. The van der Waals surface area contributed by atoms with Crippen LogP contribution in [0.4, 0.5) is 18.9 Å². The van der Waals surface area contributed by atoms with E-state index >= 15 is 0 Å². The van der Waals surface area contributed by atoms with Crippen molar-refractivity contribution in [1.82, 2.24) is 0 Å². The van der Waals surface area contributed by atoms with Gasteiger partial charge in [0.25, 0.3) is 0 Å². The number of alkyl halides is 3. The maximum Gasteiger partial charge on any atom is 0.416 e. The molecule has 0 aliphatic heterocycles. The van der Waals surface area contributed by atoms with Crippen molar-refractivity contribution in [2.24, 2.45) is 0 Å². The number of halogens is 3. The van der Waals surface area contributed by atoms with Crippen LogP contribution in [-0.2, 0) is 20.8 Å². The summed E-state index contributed by atoms with van der Waals surface area (Å²) in [7, 11) is -3.88. The molecule has 108 valence electrons. The Kier molecular flexibility index (Phi) is 4.73. The molecule has 0 spiro atoms. The van der Waals surface area contributed by atoms with E-state index in [0.717, 1.165) is 12.1 Å². The maximum absolute atomic E-state index is 12.4. The molecule has 1 N–H and O–H groups in total. The summed E-state index contributed by atoms with van der Waals surface area (Å²) >= 11 is 0. The van der Waals surface area contributed by atoms with E-state index in [4.69, 9.17) is 5.26 Å². The van der Waals surface area contributed by atoms with Gasteiger partial charge in [0.2, 0.25) is 5.91 Å². The normalized spacial score (nSPS) is 11.7. The van der Waals surface area contributed by atoms with E-state index in [9.17, 15) is 26.4 Å². The van der Waals surface area contributed by atoms with Crippen molar-refractivity contribution < 1.29 is 26.4 Å². The van der Waals surface area contributed by atoms with E-state index in [1.165, 1.54) is 12.1 Å². The Labute approximate surface area is 112 Å². The second-order valence-electron chi connectivity index (χ2n) is 3.82. The number of amides is 1. The summed E-state index contributed by atoms with van der Waals surface area (Å²) in [5.74, 6) is -2.79. The highest BCUT2D eigenvalue weighted by atomic mass is 32.2. The number of sulfone groups is 1. The van der Waals surface area contributed by atoms with Crippen LogP contribution in [0.25, 0.3) is 0 Å². The summed E-state index contributed by atoms with van der Waals surface area (Å²) in [5.41, 5.74) is -1.13. The van der Waals surface area contributed by atoms with Crippen LogP contribution in [0.5, 0.6) is 0 Å². The number of benzene rings is 1. The minimum atomic E-state index is -4.56. The molecular formula is C11H9F3N2O3S. The van der Waals surface area contributed by atoms with Gasteiger partial charge in [-0.25, -0.2) is 8.42 Å². The van der Waals surface area contributed by atoms with Crippen LogP contribution in [0.1, 0.15) is 5.56 Å². The van der Waals surface area contributed by atoms with Gasteiger partial charge in [0.1, 0.15) is 11.5 Å². The number of hydrogen-bond acceptors (Lipinski definition) is 4. The topological polar surface area (TPSA) is 87.0 Å². The van der Waals surface area contributed by atoms with E-state index in [-0.39, 0.29) is 5.69 Å². The molecule has 0 bridgehead atoms. The monoisotopic (exact) mass is 306 g/mol. The Bertz CT molecular complexity index is 648. The van der Waals surface area contributed by atoms with Gasteiger partial charge in [-0.05, 0) is 18.2 Å². The Hall–Kier alpha value is -2.08. The lowest BCUT2D eigenvalue weighted by Crippen LogP contribution is -2.24. The molecule has 0 saturated carbocycles. The number of carbonyl (C=O) groups is 1. The molecule has 1 rings (SSSR count). The summed E-state index contributed by atoms with van der Waals surface area (Å²) in [6, 6.07) is 5.18. The van der Waals surface area contributed by atoms with E-state index in [0.29, 0.717) is 6.07 Å². The summed E-state index contributed by atoms with van der Waals surface area (Å²) in [4.78, 5) is 11.4. The Morgan fingerprint density at radius 1 is 1.35 bits per heavy atom. The minimum Gasteiger partial charge on any atom is -0.325 e. The number of rotatable bonds is 4. The average Bonchev–Trinajstić information content (AvgIpc) is 2.26. The highest BCUT2D eigenvalue weighted by Crippen LogP contribution is 2.30. The van der Waals surface area contributed by atoms with Crippen LogP contribution >= 0.6 is 0 Å². The minimum absolute atomic E-state index is 0.169. The van der Waals surface area contributed by atoms with Crippen molar-refractivity contribution in [2.75, 3.05) is 16.8 Å². The average molecular weight is 306 g/mol. The molecule has 20 heavy (non-hydrogen) atoms.